The lowest BCUT2D eigenvalue weighted by Crippen LogP contribution is -2.42. The summed E-state index contributed by atoms with van der Waals surface area (Å²) < 4.78 is 15.5. The minimum Gasteiger partial charge on any atom is -0.494 e. The first-order valence-corrected chi connectivity index (χ1v) is 10.3. The Balaban J connectivity index is 1.85. The molecule has 0 saturated carbocycles. The summed E-state index contributed by atoms with van der Waals surface area (Å²) in [6.45, 7) is 2.80. The number of benzene rings is 2. The molecule has 0 aliphatic heterocycles. The van der Waals surface area contributed by atoms with E-state index in [0.29, 0.717) is 17.9 Å². The van der Waals surface area contributed by atoms with Gasteiger partial charge in [-0.3, -0.25) is 4.79 Å². The number of methoxy groups -OCH3 is 1. The number of alkyl carbamates (subject to hydrolysis) is 1. The minimum atomic E-state index is -0.978. The Kier molecular flexibility index (Phi) is 10.1. The molecule has 31 heavy (non-hydrogen) atoms. The summed E-state index contributed by atoms with van der Waals surface area (Å²) in [5.41, 5.74) is 1.34. The number of ketones is 1. The minimum absolute atomic E-state index is 0.0643. The molecular formula is C24H29NO6. The average molecular weight is 427 g/mol. The summed E-state index contributed by atoms with van der Waals surface area (Å²) in [4.78, 5) is 36.6. The Hall–Kier alpha value is -3.35. The molecule has 7 nitrogen and oxygen atoms in total. The van der Waals surface area contributed by atoms with Gasteiger partial charge in [0.2, 0.25) is 0 Å². The van der Waals surface area contributed by atoms with E-state index in [0.717, 1.165) is 18.4 Å². The van der Waals surface area contributed by atoms with Crippen LogP contribution >= 0.6 is 0 Å². The highest BCUT2D eigenvalue weighted by Gasteiger charge is 2.23. The lowest BCUT2D eigenvalue weighted by molar-refractivity contribution is -0.143. The highest BCUT2D eigenvalue weighted by molar-refractivity contribution is 5.96. The zero-order chi connectivity index (χ0) is 22.5. The molecule has 0 fully saturated rings. The SMILES string of the molecule is CCCCOc1ccc(C(=O)CC[C@H](NC(=O)OCc2ccccc2)C(=O)OC)cc1. The van der Waals surface area contributed by atoms with E-state index in [-0.39, 0.29) is 25.2 Å². The molecule has 0 radical (unpaired) electrons. The van der Waals surface area contributed by atoms with Gasteiger partial charge in [0.05, 0.1) is 13.7 Å². The van der Waals surface area contributed by atoms with Gasteiger partial charge in [0.1, 0.15) is 18.4 Å². The lowest BCUT2D eigenvalue weighted by Gasteiger charge is -2.16. The molecule has 1 amide bonds. The van der Waals surface area contributed by atoms with Gasteiger partial charge in [0.15, 0.2) is 5.78 Å². The van der Waals surface area contributed by atoms with Crippen molar-refractivity contribution in [3.05, 3.63) is 65.7 Å². The first-order chi connectivity index (χ1) is 15.0. The van der Waals surface area contributed by atoms with Crippen molar-refractivity contribution in [3.8, 4) is 5.75 Å². The number of amides is 1. The standard InChI is InChI=1S/C24H29NO6/c1-3-4-16-30-20-12-10-19(11-13-20)22(26)15-14-21(23(27)29-2)25-24(28)31-17-18-8-6-5-7-9-18/h5-13,21H,3-4,14-17H2,1-2H3,(H,25,28)/t21-/m0/s1. The number of unbranched alkanes of at least 4 members (excludes halogenated alkanes) is 1. The van der Waals surface area contributed by atoms with Crippen LogP contribution < -0.4 is 10.1 Å². The maximum atomic E-state index is 12.5. The van der Waals surface area contributed by atoms with Crippen molar-refractivity contribution in [3.63, 3.8) is 0 Å². The molecule has 1 N–H and O–H groups in total. The fourth-order valence-corrected chi connectivity index (χ4v) is 2.79. The second-order valence-corrected chi connectivity index (χ2v) is 6.97. The van der Waals surface area contributed by atoms with Gasteiger partial charge in [0.25, 0.3) is 0 Å². The number of rotatable bonds is 12. The highest BCUT2D eigenvalue weighted by atomic mass is 16.6. The van der Waals surface area contributed by atoms with Gasteiger partial charge >= 0.3 is 12.1 Å². The van der Waals surface area contributed by atoms with Gasteiger partial charge in [-0.15, -0.1) is 0 Å². The smallest absolute Gasteiger partial charge is 0.408 e. The quantitative estimate of drug-likeness (QED) is 0.309. The predicted octanol–water partition coefficient (Wildman–Crippen LogP) is 4.30. The van der Waals surface area contributed by atoms with Crippen LogP contribution in [0.4, 0.5) is 4.79 Å². The second kappa shape index (κ2) is 13.1. The van der Waals surface area contributed by atoms with Gasteiger partial charge in [-0.05, 0) is 42.7 Å². The van der Waals surface area contributed by atoms with Crippen LogP contribution in [0.1, 0.15) is 48.5 Å². The highest BCUT2D eigenvalue weighted by Crippen LogP contribution is 2.15. The topological polar surface area (TPSA) is 90.9 Å². The summed E-state index contributed by atoms with van der Waals surface area (Å²) >= 11 is 0. The molecule has 2 aromatic rings. The zero-order valence-electron chi connectivity index (χ0n) is 18.0. The number of esters is 1. The van der Waals surface area contributed by atoms with Gasteiger partial charge in [0, 0.05) is 12.0 Å². The predicted molar refractivity (Wildman–Crippen MR) is 116 cm³/mol. The summed E-state index contributed by atoms with van der Waals surface area (Å²) in [6.07, 6.45) is 1.43. The number of ether oxygens (including phenoxy) is 3. The Labute approximate surface area is 182 Å². The van der Waals surface area contributed by atoms with Crippen molar-refractivity contribution in [1.29, 1.82) is 0 Å². The fraction of sp³-hybridized carbons (Fsp3) is 0.375. The van der Waals surface area contributed by atoms with Gasteiger partial charge in [-0.2, -0.15) is 0 Å². The van der Waals surface area contributed by atoms with E-state index >= 15 is 0 Å². The lowest BCUT2D eigenvalue weighted by atomic mass is 10.0. The monoisotopic (exact) mass is 427 g/mol. The fourth-order valence-electron chi connectivity index (χ4n) is 2.79. The van der Waals surface area contributed by atoms with Crippen LogP contribution in [0, 0.1) is 0 Å². The van der Waals surface area contributed by atoms with E-state index in [2.05, 4.69) is 12.2 Å². The third-order valence-electron chi connectivity index (χ3n) is 4.59. The van der Waals surface area contributed by atoms with E-state index in [1.807, 2.05) is 30.3 Å². The molecule has 0 spiro atoms. The molecule has 2 rings (SSSR count). The number of hydrogen-bond donors (Lipinski definition) is 1. The van der Waals surface area contributed by atoms with Crippen LogP contribution in [-0.4, -0.2) is 37.6 Å². The Morgan fingerprint density at radius 2 is 1.71 bits per heavy atom. The summed E-state index contributed by atoms with van der Waals surface area (Å²) in [5.74, 6) is -0.0714. The van der Waals surface area contributed by atoms with E-state index in [1.165, 1.54) is 7.11 Å². The van der Waals surface area contributed by atoms with E-state index < -0.39 is 18.1 Å². The molecular weight excluding hydrogens is 398 g/mol. The third kappa shape index (κ3) is 8.50. The Bertz CT molecular complexity index is 835. The number of carbonyl (C=O) groups excluding carboxylic acids is 3. The molecule has 1 atom stereocenters. The van der Waals surface area contributed by atoms with Crippen LogP contribution in [0.5, 0.6) is 5.75 Å². The maximum absolute atomic E-state index is 12.5. The summed E-state index contributed by atoms with van der Waals surface area (Å²) in [7, 11) is 1.23. The average Bonchev–Trinajstić information content (AvgIpc) is 2.81. The molecule has 0 aromatic heterocycles. The number of nitrogens with one attached hydrogen (secondary N) is 1. The summed E-state index contributed by atoms with van der Waals surface area (Å²) in [5, 5.41) is 2.47. The van der Waals surface area contributed by atoms with Gasteiger partial charge in [-0.25, -0.2) is 9.59 Å². The van der Waals surface area contributed by atoms with E-state index in [4.69, 9.17) is 14.2 Å². The first-order valence-electron chi connectivity index (χ1n) is 10.3. The van der Waals surface area contributed by atoms with Gasteiger partial charge < -0.3 is 19.5 Å². The first kappa shape index (κ1) is 23.9. The van der Waals surface area contributed by atoms with Crippen molar-refractivity contribution in [2.75, 3.05) is 13.7 Å². The molecule has 0 bridgehead atoms. The van der Waals surface area contributed by atoms with Crippen molar-refractivity contribution in [2.24, 2.45) is 0 Å². The molecule has 166 valence electrons. The van der Waals surface area contributed by atoms with Crippen LogP contribution in [0.25, 0.3) is 0 Å². The second-order valence-electron chi connectivity index (χ2n) is 6.97. The molecule has 0 unspecified atom stereocenters. The summed E-state index contributed by atoms with van der Waals surface area (Å²) in [6, 6.07) is 15.1. The van der Waals surface area contributed by atoms with Crippen molar-refractivity contribution >= 4 is 17.8 Å². The maximum Gasteiger partial charge on any atom is 0.408 e. The number of hydrogen-bond acceptors (Lipinski definition) is 6. The van der Waals surface area contributed by atoms with Crippen LogP contribution in [0.15, 0.2) is 54.6 Å². The van der Waals surface area contributed by atoms with E-state index in [1.54, 1.807) is 24.3 Å². The molecule has 0 aliphatic rings. The Morgan fingerprint density at radius 3 is 2.35 bits per heavy atom. The normalized spacial score (nSPS) is 11.3. The van der Waals surface area contributed by atoms with Crippen LogP contribution in [0.3, 0.4) is 0 Å². The number of carbonyl (C=O) groups is 3. The molecule has 2 aromatic carbocycles. The molecule has 7 heteroatoms. The molecule has 0 heterocycles. The van der Waals surface area contributed by atoms with Crippen molar-refractivity contribution < 1.29 is 28.6 Å². The molecule has 0 aliphatic carbocycles. The van der Waals surface area contributed by atoms with Crippen molar-refractivity contribution in [1.82, 2.24) is 5.32 Å². The molecule has 0 saturated heterocycles. The van der Waals surface area contributed by atoms with Crippen LogP contribution in [0.2, 0.25) is 0 Å². The van der Waals surface area contributed by atoms with E-state index in [9.17, 15) is 14.4 Å². The Morgan fingerprint density at radius 1 is 1.00 bits per heavy atom. The largest absolute Gasteiger partial charge is 0.494 e. The number of Topliss-reactive ketones (excluding diaryl/α,β-unsaturated/α-hetero) is 1. The van der Waals surface area contributed by atoms with Gasteiger partial charge in [-0.1, -0.05) is 43.7 Å². The van der Waals surface area contributed by atoms with Crippen molar-refractivity contribution in [2.45, 2.75) is 45.3 Å². The third-order valence-corrected chi connectivity index (χ3v) is 4.59. The van der Waals surface area contributed by atoms with Crippen LogP contribution in [-0.2, 0) is 20.9 Å². The zero-order valence-corrected chi connectivity index (χ0v) is 18.0.